The smallest absolute Gasteiger partial charge is 0.244 e. The van der Waals surface area contributed by atoms with Crippen molar-refractivity contribution in [2.45, 2.75) is 6.42 Å². The van der Waals surface area contributed by atoms with Crippen molar-refractivity contribution >= 4 is 5.91 Å². The fourth-order valence-corrected chi connectivity index (χ4v) is 1.60. The number of carbonyl (C=O) groups is 1. The largest absolute Gasteiger partial charge is 0.366 e. The number of aromatic nitrogens is 2. The first-order valence-corrected chi connectivity index (χ1v) is 5.48. The zero-order valence-corrected chi connectivity index (χ0v) is 9.84. The Morgan fingerprint density at radius 3 is 2.28 bits per heavy atom. The molecule has 0 aliphatic rings. The van der Waals surface area contributed by atoms with E-state index in [9.17, 15) is 4.79 Å². The maximum absolute atomic E-state index is 10.9. The summed E-state index contributed by atoms with van der Waals surface area (Å²) in [5, 5.41) is 0. The standard InChI is InChI=1S/C14H13N3O/c1-10(14(15)18)6-11-2-4-12(5-3-11)13-7-16-9-17-8-13/h2-5,7-9H,1,6H2,(H2,15,18). The molecule has 2 rings (SSSR count). The molecule has 0 bridgehead atoms. The summed E-state index contributed by atoms with van der Waals surface area (Å²) in [5.41, 5.74) is 8.55. The lowest BCUT2D eigenvalue weighted by Crippen LogP contribution is -2.14. The van der Waals surface area contributed by atoms with E-state index in [-0.39, 0.29) is 0 Å². The average Bonchev–Trinajstić information content (AvgIpc) is 2.40. The Morgan fingerprint density at radius 1 is 1.11 bits per heavy atom. The minimum Gasteiger partial charge on any atom is -0.366 e. The van der Waals surface area contributed by atoms with Crippen LogP contribution in [0.15, 0.2) is 55.1 Å². The Balaban J connectivity index is 2.16. The van der Waals surface area contributed by atoms with Gasteiger partial charge < -0.3 is 5.73 Å². The van der Waals surface area contributed by atoms with E-state index in [1.54, 1.807) is 12.4 Å². The third-order valence-corrected chi connectivity index (χ3v) is 2.61. The highest BCUT2D eigenvalue weighted by atomic mass is 16.1. The summed E-state index contributed by atoms with van der Waals surface area (Å²) < 4.78 is 0. The fraction of sp³-hybridized carbons (Fsp3) is 0.0714. The molecule has 90 valence electrons. The molecule has 0 unspecified atom stereocenters. The highest BCUT2D eigenvalue weighted by Crippen LogP contribution is 2.18. The SMILES string of the molecule is C=C(Cc1ccc(-c2cncnc2)cc1)C(N)=O. The summed E-state index contributed by atoms with van der Waals surface area (Å²) in [5.74, 6) is -0.462. The summed E-state index contributed by atoms with van der Waals surface area (Å²) >= 11 is 0. The lowest BCUT2D eigenvalue weighted by atomic mass is 10.0. The van der Waals surface area contributed by atoms with Crippen molar-refractivity contribution in [1.82, 2.24) is 9.97 Å². The van der Waals surface area contributed by atoms with E-state index >= 15 is 0 Å². The first-order valence-electron chi connectivity index (χ1n) is 5.48. The molecular weight excluding hydrogens is 226 g/mol. The molecule has 0 saturated heterocycles. The molecule has 0 aliphatic heterocycles. The Morgan fingerprint density at radius 2 is 1.72 bits per heavy atom. The van der Waals surface area contributed by atoms with Gasteiger partial charge >= 0.3 is 0 Å². The molecule has 0 aliphatic carbocycles. The second-order valence-corrected chi connectivity index (χ2v) is 3.97. The van der Waals surface area contributed by atoms with E-state index in [1.165, 1.54) is 6.33 Å². The first-order chi connectivity index (χ1) is 8.66. The van der Waals surface area contributed by atoms with E-state index in [1.807, 2.05) is 24.3 Å². The molecule has 18 heavy (non-hydrogen) atoms. The summed E-state index contributed by atoms with van der Waals surface area (Å²) in [6.07, 6.45) is 5.48. The van der Waals surface area contributed by atoms with Crippen LogP contribution in [0, 0.1) is 0 Å². The molecular formula is C14H13N3O. The van der Waals surface area contributed by atoms with Crippen molar-refractivity contribution < 1.29 is 4.79 Å². The van der Waals surface area contributed by atoms with Crippen molar-refractivity contribution in [3.8, 4) is 11.1 Å². The summed E-state index contributed by atoms with van der Waals surface area (Å²) in [6.45, 7) is 3.64. The number of primary amides is 1. The molecule has 0 saturated carbocycles. The monoisotopic (exact) mass is 239 g/mol. The fourth-order valence-electron chi connectivity index (χ4n) is 1.60. The Kier molecular flexibility index (Phi) is 3.48. The second-order valence-electron chi connectivity index (χ2n) is 3.97. The van der Waals surface area contributed by atoms with Gasteiger partial charge in [0.15, 0.2) is 0 Å². The summed E-state index contributed by atoms with van der Waals surface area (Å²) in [4.78, 5) is 18.8. The summed E-state index contributed by atoms with van der Waals surface area (Å²) in [6, 6.07) is 7.80. The number of carbonyl (C=O) groups excluding carboxylic acids is 1. The van der Waals surface area contributed by atoms with E-state index in [0.29, 0.717) is 12.0 Å². The molecule has 4 nitrogen and oxygen atoms in total. The van der Waals surface area contributed by atoms with E-state index in [4.69, 9.17) is 5.73 Å². The van der Waals surface area contributed by atoms with Gasteiger partial charge in [-0.25, -0.2) is 9.97 Å². The number of hydrogen-bond acceptors (Lipinski definition) is 3. The molecule has 0 radical (unpaired) electrons. The number of amides is 1. The molecule has 2 aromatic rings. The highest BCUT2D eigenvalue weighted by molar-refractivity contribution is 5.91. The van der Waals surface area contributed by atoms with Crippen LogP contribution in [0.2, 0.25) is 0 Å². The molecule has 0 fully saturated rings. The van der Waals surface area contributed by atoms with Gasteiger partial charge in [0.1, 0.15) is 6.33 Å². The van der Waals surface area contributed by atoms with Crippen molar-refractivity contribution in [2.24, 2.45) is 5.73 Å². The predicted molar refractivity (Wildman–Crippen MR) is 69.5 cm³/mol. The minimum atomic E-state index is -0.462. The molecule has 1 amide bonds. The van der Waals surface area contributed by atoms with Crippen LogP contribution in [0.5, 0.6) is 0 Å². The third kappa shape index (κ3) is 2.79. The van der Waals surface area contributed by atoms with Gasteiger partial charge in [-0.15, -0.1) is 0 Å². The molecule has 2 N–H and O–H groups in total. The highest BCUT2D eigenvalue weighted by Gasteiger charge is 2.03. The van der Waals surface area contributed by atoms with Gasteiger partial charge in [-0.2, -0.15) is 0 Å². The van der Waals surface area contributed by atoms with Crippen molar-refractivity contribution in [2.75, 3.05) is 0 Å². The van der Waals surface area contributed by atoms with Gasteiger partial charge in [-0.3, -0.25) is 4.79 Å². The lowest BCUT2D eigenvalue weighted by Gasteiger charge is -2.04. The molecule has 1 aromatic heterocycles. The maximum Gasteiger partial charge on any atom is 0.244 e. The van der Waals surface area contributed by atoms with Gasteiger partial charge in [-0.1, -0.05) is 30.8 Å². The normalized spacial score (nSPS) is 10.0. The maximum atomic E-state index is 10.9. The first kappa shape index (κ1) is 12.0. The Labute approximate surface area is 105 Å². The molecule has 1 aromatic carbocycles. The van der Waals surface area contributed by atoms with Crippen LogP contribution in [-0.4, -0.2) is 15.9 Å². The van der Waals surface area contributed by atoms with Crippen molar-refractivity contribution in [3.63, 3.8) is 0 Å². The third-order valence-electron chi connectivity index (χ3n) is 2.61. The lowest BCUT2D eigenvalue weighted by molar-refractivity contribution is -0.114. The molecule has 4 heteroatoms. The van der Waals surface area contributed by atoms with E-state index in [0.717, 1.165) is 16.7 Å². The van der Waals surface area contributed by atoms with Crippen LogP contribution < -0.4 is 5.73 Å². The van der Waals surface area contributed by atoms with Crippen LogP contribution in [0.3, 0.4) is 0 Å². The van der Waals surface area contributed by atoms with Gasteiger partial charge in [0.05, 0.1) is 0 Å². The van der Waals surface area contributed by atoms with Crippen molar-refractivity contribution in [1.29, 1.82) is 0 Å². The van der Waals surface area contributed by atoms with Crippen molar-refractivity contribution in [3.05, 3.63) is 60.7 Å². The zero-order chi connectivity index (χ0) is 13.0. The van der Waals surface area contributed by atoms with Gasteiger partial charge in [-0.05, 0) is 11.1 Å². The van der Waals surface area contributed by atoms with Crippen LogP contribution in [-0.2, 0) is 11.2 Å². The number of benzene rings is 1. The molecule has 1 heterocycles. The van der Waals surface area contributed by atoms with Crippen LogP contribution in [0.1, 0.15) is 5.56 Å². The quantitative estimate of drug-likeness (QED) is 0.826. The molecule has 0 spiro atoms. The zero-order valence-electron chi connectivity index (χ0n) is 9.84. The minimum absolute atomic E-state index is 0.408. The number of hydrogen-bond donors (Lipinski definition) is 1. The Bertz CT molecular complexity index is 561. The van der Waals surface area contributed by atoms with E-state index in [2.05, 4.69) is 16.5 Å². The van der Waals surface area contributed by atoms with Gasteiger partial charge in [0.25, 0.3) is 0 Å². The van der Waals surface area contributed by atoms with Crippen LogP contribution in [0.25, 0.3) is 11.1 Å². The van der Waals surface area contributed by atoms with Crippen LogP contribution in [0.4, 0.5) is 0 Å². The summed E-state index contributed by atoms with van der Waals surface area (Å²) in [7, 11) is 0. The van der Waals surface area contributed by atoms with Crippen LogP contribution >= 0.6 is 0 Å². The molecule has 0 atom stereocenters. The number of rotatable bonds is 4. The predicted octanol–water partition coefficient (Wildman–Crippen LogP) is 1.73. The van der Waals surface area contributed by atoms with Gasteiger partial charge in [0, 0.05) is 30.0 Å². The van der Waals surface area contributed by atoms with E-state index < -0.39 is 5.91 Å². The second kappa shape index (κ2) is 5.23. The van der Waals surface area contributed by atoms with Gasteiger partial charge in [0.2, 0.25) is 5.91 Å². The topological polar surface area (TPSA) is 68.9 Å². The Hall–Kier alpha value is -2.49. The number of nitrogens with zero attached hydrogens (tertiary/aromatic N) is 2. The average molecular weight is 239 g/mol. The number of nitrogens with two attached hydrogens (primary N) is 1.